The van der Waals surface area contributed by atoms with Gasteiger partial charge in [0.1, 0.15) is 0 Å². The molecule has 2 fully saturated rings. The average Bonchev–Trinajstić information content (AvgIpc) is 2.55. The molecule has 23 heavy (non-hydrogen) atoms. The molecule has 0 atom stereocenters. The Morgan fingerprint density at radius 3 is 2.09 bits per heavy atom. The fourth-order valence-electron chi connectivity index (χ4n) is 3.73. The van der Waals surface area contributed by atoms with Crippen LogP contribution in [0, 0.1) is 17.8 Å². The topological polar surface area (TPSA) is 18.5 Å². The number of hydrogen-bond acceptors (Lipinski definition) is 2. The first kappa shape index (κ1) is 18.6. The van der Waals surface area contributed by atoms with Crippen molar-refractivity contribution in [3.8, 4) is 0 Å². The van der Waals surface area contributed by atoms with E-state index in [1.165, 1.54) is 25.7 Å². The van der Waals surface area contributed by atoms with E-state index >= 15 is 0 Å². The zero-order chi connectivity index (χ0) is 16.5. The van der Waals surface area contributed by atoms with Crippen LogP contribution in [0.15, 0.2) is 24.8 Å². The number of hydrogen-bond donors (Lipinski definition) is 0. The van der Waals surface area contributed by atoms with Crippen LogP contribution < -0.4 is 0 Å². The van der Waals surface area contributed by atoms with Crippen molar-refractivity contribution in [2.75, 3.05) is 13.2 Å². The fourth-order valence-corrected chi connectivity index (χ4v) is 3.73. The Bertz CT molecular complexity index is 364. The lowest BCUT2D eigenvalue weighted by Crippen LogP contribution is -2.32. The molecule has 0 N–H and O–H groups in total. The van der Waals surface area contributed by atoms with Gasteiger partial charge in [-0.15, -0.1) is 6.58 Å². The normalized spacial score (nSPS) is 31.6. The van der Waals surface area contributed by atoms with Crippen LogP contribution in [-0.2, 0) is 9.47 Å². The van der Waals surface area contributed by atoms with Crippen molar-refractivity contribution < 1.29 is 18.3 Å². The molecule has 0 radical (unpaired) electrons. The molecule has 0 aromatic carbocycles. The van der Waals surface area contributed by atoms with Crippen LogP contribution >= 0.6 is 0 Å². The van der Waals surface area contributed by atoms with Crippen molar-refractivity contribution in [2.45, 2.75) is 64.1 Å². The van der Waals surface area contributed by atoms with E-state index in [9.17, 15) is 8.78 Å². The fraction of sp³-hybridized carbons (Fsp3) is 0.789. The Kier molecular flexibility index (Phi) is 8.24. The van der Waals surface area contributed by atoms with Gasteiger partial charge in [-0.05, 0) is 50.0 Å². The lowest BCUT2D eigenvalue weighted by atomic mass is 9.78. The van der Waals surface area contributed by atoms with Gasteiger partial charge < -0.3 is 9.47 Å². The second kappa shape index (κ2) is 10.2. The van der Waals surface area contributed by atoms with E-state index in [0.717, 1.165) is 50.9 Å². The third kappa shape index (κ3) is 7.13. The Morgan fingerprint density at radius 1 is 0.913 bits per heavy atom. The van der Waals surface area contributed by atoms with Crippen molar-refractivity contribution in [2.24, 2.45) is 17.8 Å². The second-order valence-corrected chi connectivity index (χ2v) is 7.02. The summed E-state index contributed by atoms with van der Waals surface area (Å²) in [5.74, 6) is 1.84. The van der Waals surface area contributed by atoms with Gasteiger partial charge in [0.25, 0.3) is 6.08 Å². The molecular weight excluding hydrogens is 298 g/mol. The van der Waals surface area contributed by atoms with E-state index in [1.54, 1.807) is 0 Å². The monoisotopic (exact) mass is 328 g/mol. The summed E-state index contributed by atoms with van der Waals surface area (Å²) in [5, 5.41) is 0. The van der Waals surface area contributed by atoms with E-state index in [2.05, 4.69) is 6.58 Å². The molecule has 0 aromatic heterocycles. The smallest absolute Gasteiger partial charge is 0.266 e. The zero-order valence-electron chi connectivity index (χ0n) is 14.0. The minimum atomic E-state index is -1.54. The highest BCUT2D eigenvalue weighted by molar-refractivity contribution is 4.82. The Morgan fingerprint density at radius 2 is 1.52 bits per heavy atom. The SMILES string of the molecule is C=CCC1COC(CCC2CCC(CCC=C(F)F)CC2)OC1. The molecule has 1 aliphatic carbocycles. The summed E-state index contributed by atoms with van der Waals surface area (Å²) in [6.07, 6.45) is 10.7. The number of halogens is 2. The minimum Gasteiger partial charge on any atom is -0.352 e. The van der Waals surface area contributed by atoms with Crippen LogP contribution in [0.4, 0.5) is 8.78 Å². The van der Waals surface area contributed by atoms with Crippen molar-refractivity contribution in [1.29, 1.82) is 0 Å². The first-order valence-electron chi connectivity index (χ1n) is 9.02. The van der Waals surface area contributed by atoms with Crippen LogP contribution in [-0.4, -0.2) is 19.5 Å². The predicted octanol–water partition coefficient (Wildman–Crippen LogP) is 5.70. The summed E-state index contributed by atoms with van der Waals surface area (Å²) in [4.78, 5) is 0. The molecule has 1 heterocycles. The third-order valence-electron chi connectivity index (χ3n) is 5.19. The molecule has 1 saturated heterocycles. The second-order valence-electron chi connectivity index (χ2n) is 7.02. The zero-order valence-corrected chi connectivity index (χ0v) is 14.0. The maximum absolute atomic E-state index is 12.0. The van der Waals surface area contributed by atoms with Gasteiger partial charge in [-0.25, -0.2) is 0 Å². The van der Waals surface area contributed by atoms with Crippen LogP contribution in [0.3, 0.4) is 0 Å². The highest BCUT2D eigenvalue weighted by Crippen LogP contribution is 2.34. The average molecular weight is 328 g/mol. The van der Waals surface area contributed by atoms with Gasteiger partial charge in [-0.1, -0.05) is 31.8 Å². The van der Waals surface area contributed by atoms with Crippen molar-refractivity contribution in [1.82, 2.24) is 0 Å². The Hall–Kier alpha value is -0.740. The molecule has 132 valence electrons. The van der Waals surface area contributed by atoms with Crippen LogP contribution in [0.5, 0.6) is 0 Å². The Labute approximate surface area is 138 Å². The van der Waals surface area contributed by atoms with Gasteiger partial charge in [0.2, 0.25) is 0 Å². The molecule has 1 saturated carbocycles. The molecule has 2 nitrogen and oxygen atoms in total. The van der Waals surface area contributed by atoms with Crippen LogP contribution in [0.25, 0.3) is 0 Å². The summed E-state index contributed by atoms with van der Waals surface area (Å²) in [6.45, 7) is 5.31. The van der Waals surface area contributed by atoms with Crippen molar-refractivity contribution in [3.63, 3.8) is 0 Å². The van der Waals surface area contributed by atoms with Crippen LogP contribution in [0.2, 0.25) is 0 Å². The molecule has 2 aliphatic rings. The van der Waals surface area contributed by atoms with Gasteiger partial charge in [0.05, 0.1) is 13.2 Å². The van der Waals surface area contributed by atoms with E-state index in [1.807, 2.05) is 6.08 Å². The maximum Gasteiger partial charge on any atom is 0.266 e. The van der Waals surface area contributed by atoms with Crippen molar-refractivity contribution in [3.05, 3.63) is 24.8 Å². The van der Waals surface area contributed by atoms with E-state index < -0.39 is 6.08 Å². The van der Waals surface area contributed by atoms with Crippen LogP contribution in [0.1, 0.15) is 57.8 Å². The Balaban J connectivity index is 1.55. The lowest BCUT2D eigenvalue weighted by Gasteiger charge is -2.32. The first-order chi connectivity index (χ1) is 11.2. The number of ether oxygens (including phenoxy) is 2. The molecule has 2 rings (SSSR count). The van der Waals surface area contributed by atoms with Gasteiger partial charge in [0.15, 0.2) is 6.29 Å². The number of rotatable bonds is 8. The third-order valence-corrected chi connectivity index (χ3v) is 5.19. The summed E-state index contributed by atoms with van der Waals surface area (Å²) in [5.41, 5.74) is 0. The molecule has 4 heteroatoms. The first-order valence-corrected chi connectivity index (χ1v) is 9.02. The van der Waals surface area contributed by atoms with Gasteiger partial charge >= 0.3 is 0 Å². The molecular formula is C19H30F2O2. The summed E-state index contributed by atoms with van der Waals surface area (Å²) >= 11 is 0. The van der Waals surface area contributed by atoms with Crippen molar-refractivity contribution >= 4 is 0 Å². The molecule has 0 bridgehead atoms. The molecule has 0 unspecified atom stereocenters. The van der Waals surface area contributed by atoms with Gasteiger partial charge in [-0.2, -0.15) is 8.78 Å². The summed E-state index contributed by atoms with van der Waals surface area (Å²) in [6, 6.07) is 0. The highest BCUT2D eigenvalue weighted by Gasteiger charge is 2.25. The predicted molar refractivity (Wildman–Crippen MR) is 88.2 cm³/mol. The lowest BCUT2D eigenvalue weighted by molar-refractivity contribution is -0.203. The minimum absolute atomic E-state index is 0.0357. The summed E-state index contributed by atoms with van der Waals surface area (Å²) < 4.78 is 35.6. The summed E-state index contributed by atoms with van der Waals surface area (Å²) in [7, 11) is 0. The highest BCUT2D eigenvalue weighted by atomic mass is 19.3. The largest absolute Gasteiger partial charge is 0.352 e. The quantitative estimate of drug-likeness (QED) is 0.532. The molecule has 0 amide bonds. The molecule has 1 aliphatic heterocycles. The molecule has 0 aromatic rings. The van der Waals surface area contributed by atoms with Gasteiger partial charge in [0, 0.05) is 5.92 Å². The number of allylic oxidation sites excluding steroid dienone is 2. The standard InChI is InChI=1S/C19H30F2O2/c1-2-4-17-13-22-19(23-14-17)12-11-16-9-7-15(8-10-16)5-3-6-18(20)21/h2,6,15-17,19H,1,3-5,7-14H2. The van der Waals surface area contributed by atoms with Gasteiger partial charge in [-0.3, -0.25) is 0 Å². The molecule has 0 spiro atoms. The van der Waals surface area contributed by atoms with E-state index in [4.69, 9.17) is 9.47 Å². The van der Waals surface area contributed by atoms with E-state index in [0.29, 0.717) is 18.3 Å². The maximum atomic E-state index is 12.0. The van der Waals surface area contributed by atoms with E-state index in [-0.39, 0.29) is 6.29 Å².